The lowest BCUT2D eigenvalue weighted by Gasteiger charge is -2.40. The fraction of sp³-hybridized carbons (Fsp3) is 0.588. The van der Waals surface area contributed by atoms with E-state index in [1.54, 1.807) is 0 Å². The predicted octanol–water partition coefficient (Wildman–Crippen LogP) is 3.19. The first-order chi connectivity index (χ1) is 11.1. The van der Waals surface area contributed by atoms with E-state index in [-0.39, 0.29) is 0 Å². The van der Waals surface area contributed by atoms with Gasteiger partial charge in [-0.15, -0.1) is 0 Å². The first kappa shape index (κ1) is 16.3. The fourth-order valence-electron chi connectivity index (χ4n) is 3.60. The summed E-state index contributed by atoms with van der Waals surface area (Å²) in [4.78, 5) is 16.3. The van der Waals surface area contributed by atoms with Crippen molar-refractivity contribution < 1.29 is 18.0 Å². The smallest absolute Gasteiger partial charge is 0.257 e. The van der Waals surface area contributed by atoms with E-state index in [1.165, 1.54) is 37.0 Å². The molecule has 6 heteroatoms. The molecule has 1 amide bonds. The van der Waals surface area contributed by atoms with E-state index in [0.717, 1.165) is 25.2 Å². The number of halogens is 3. The standard InChI is InChI=1S/C17H21F3N2O/c18-14-7-6-13(15(19)16(14)20)17(23)22-10-8-21(9-11-22)12-4-2-1-3-5-12/h6-7,12H,1-5,8-11H2. The largest absolute Gasteiger partial charge is 0.336 e. The summed E-state index contributed by atoms with van der Waals surface area (Å²) in [7, 11) is 0. The molecule has 2 fully saturated rings. The van der Waals surface area contributed by atoms with Crippen LogP contribution in [0, 0.1) is 17.5 Å². The molecule has 0 spiro atoms. The van der Waals surface area contributed by atoms with E-state index in [0.29, 0.717) is 19.1 Å². The van der Waals surface area contributed by atoms with Crippen LogP contribution in [0.25, 0.3) is 0 Å². The Morgan fingerprint density at radius 2 is 1.57 bits per heavy atom. The summed E-state index contributed by atoms with van der Waals surface area (Å²) in [5.74, 6) is -4.83. The number of benzene rings is 1. The van der Waals surface area contributed by atoms with Crippen molar-refractivity contribution in [2.45, 2.75) is 38.1 Å². The topological polar surface area (TPSA) is 23.6 Å². The van der Waals surface area contributed by atoms with E-state index in [4.69, 9.17) is 0 Å². The molecule has 3 rings (SSSR count). The molecule has 0 N–H and O–H groups in total. The Morgan fingerprint density at radius 1 is 0.913 bits per heavy atom. The highest BCUT2D eigenvalue weighted by molar-refractivity contribution is 5.94. The molecule has 0 radical (unpaired) electrons. The van der Waals surface area contributed by atoms with Crippen molar-refractivity contribution in [3.8, 4) is 0 Å². The minimum absolute atomic E-state index is 0.394. The Kier molecular flexibility index (Phi) is 4.90. The lowest BCUT2D eigenvalue weighted by Crippen LogP contribution is -2.52. The molecule has 0 bridgehead atoms. The van der Waals surface area contributed by atoms with Gasteiger partial charge >= 0.3 is 0 Å². The van der Waals surface area contributed by atoms with Gasteiger partial charge in [-0.3, -0.25) is 9.69 Å². The van der Waals surface area contributed by atoms with Gasteiger partial charge in [0.2, 0.25) is 0 Å². The van der Waals surface area contributed by atoms with Crippen LogP contribution in [0.5, 0.6) is 0 Å². The molecule has 1 aliphatic carbocycles. The average molecular weight is 326 g/mol. The molecule has 1 aromatic carbocycles. The number of amides is 1. The van der Waals surface area contributed by atoms with Crippen LogP contribution in [0.15, 0.2) is 12.1 Å². The second-order valence-electron chi connectivity index (χ2n) is 6.34. The highest BCUT2D eigenvalue weighted by atomic mass is 19.2. The zero-order valence-corrected chi connectivity index (χ0v) is 13.0. The van der Waals surface area contributed by atoms with Crippen LogP contribution in [0.4, 0.5) is 13.2 Å². The number of piperazine rings is 1. The number of carbonyl (C=O) groups excluding carboxylic acids is 1. The van der Waals surface area contributed by atoms with Gasteiger partial charge in [0, 0.05) is 32.2 Å². The molecule has 1 aromatic rings. The molecule has 2 aliphatic rings. The second-order valence-corrected chi connectivity index (χ2v) is 6.34. The van der Waals surface area contributed by atoms with Crippen molar-refractivity contribution >= 4 is 5.91 Å². The molecule has 0 aromatic heterocycles. The number of nitrogens with zero attached hydrogens (tertiary/aromatic N) is 2. The van der Waals surface area contributed by atoms with Crippen LogP contribution in [-0.2, 0) is 0 Å². The molecule has 1 heterocycles. The lowest BCUT2D eigenvalue weighted by atomic mass is 9.94. The summed E-state index contributed by atoms with van der Waals surface area (Å²) in [5.41, 5.74) is -0.394. The van der Waals surface area contributed by atoms with Gasteiger partial charge in [-0.1, -0.05) is 19.3 Å². The summed E-state index contributed by atoms with van der Waals surface area (Å²) in [6.45, 7) is 2.49. The van der Waals surface area contributed by atoms with E-state index in [9.17, 15) is 18.0 Å². The van der Waals surface area contributed by atoms with E-state index in [2.05, 4.69) is 4.90 Å². The quantitative estimate of drug-likeness (QED) is 0.779. The number of carbonyl (C=O) groups is 1. The van der Waals surface area contributed by atoms with Crippen molar-refractivity contribution in [1.29, 1.82) is 0 Å². The van der Waals surface area contributed by atoms with Gasteiger partial charge in [-0.25, -0.2) is 13.2 Å². The maximum absolute atomic E-state index is 13.8. The number of hydrogen-bond acceptors (Lipinski definition) is 2. The molecule has 3 nitrogen and oxygen atoms in total. The van der Waals surface area contributed by atoms with Gasteiger partial charge in [-0.05, 0) is 25.0 Å². The fourth-order valence-corrected chi connectivity index (χ4v) is 3.60. The van der Waals surface area contributed by atoms with Crippen LogP contribution < -0.4 is 0 Å². The molecule has 0 unspecified atom stereocenters. The SMILES string of the molecule is O=C(c1ccc(F)c(F)c1F)N1CCN(C2CCCCC2)CC1. The van der Waals surface area contributed by atoms with Crippen LogP contribution in [0.2, 0.25) is 0 Å². The number of hydrogen-bond donors (Lipinski definition) is 0. The monoisotopic (exact) mass is 326 g/mol. The van der Waals surface area contributed by atoms with Crippen LogP contribution in [0.1, 0.15) is 42.5 Å². The van der Waals surface area contributed by atoms with Crippen LogP contribution in [0.3, 0.4) is 0 Å². The maximum atomic E-state index is 13.8. The van der Waals surface area contributed by atoms with Crippen LogP contribution in [-0.4, -0.2) is 47.9 Å². The first-order valence-electron chi connectivity index (χ1n) is 8.24. The Morgan fingerprint density at radius 3 is 2.22 bits per heavy atom. The molecule has 23 heavy (non-hydrogen) atoms. The average Bonchev–Trinajstić information content (AvgIpc) is 2.60. The molecular weight excluding hydrogens is 305 g/mol. The van der Waals surface area contributed by atoms with E-state index in [1.807, 2.05) is 0 Å². The van der Waals surface area contributed by atoms with Gasteiger partial charge < -0.3 is 4.90 Å². The van der Waals surface area contributed by atoms with Gasteiger partial charge in [0.1, 0.15) is 0 Å². The minimum atomic E-state index is -1.59. The third-order valence-electron chi connectivity index (χ3n) is 4.96. The minimum Gasteiger partial charge on any atom is -0.336 e. The third-order valence-corrected chi connectivity index (χ3v) is 4.96. The van der Waals surface area contributed by atoms with Gasteiger partial charge in [-0.2, -0.15) is 0 Å². The molecule has 0 atom stereocenters. The van der Waals surface area contributed by atoms with Gasteiger partial charge in [0.05, 0.1) is 5.56 Å². The van der Waals surface area contributed by atoms with Gasteiger partial charge in [0.25, 0.3) is 5.91 Å². The summed E-state index contributed by atoms with van der Waals surface area (Å²) >= 11 is 0. The van der Waals surface area contributed by atoms with Crippen molar-refractivity contribution in [2.75, 3.05) is 26.2 Å². The summed E-state index contributed by atoms with van der Waals surface area (Å²) in [6, 6.07) is 2.40. The lowest BCUT2D eigenvalue weighted by molar-refractivity contribution is 0.0518. The molecule has 1 saturated carbocycles. The Hall–Kier alpha value is -1.56. The first-order valence-corrected chi connectivity index (χ1v) is 8.24. The summed E-state index contributed by atoms with van der Waals surface area (Å²) in [5, 5.41) is 0. The van der Waals surface area contributed by atoms with Crippen LogP contribution >= 0.6 is 0 Å². The van der Waals surface area contributed by atoms with Crippen molar-refractivity contribution in [1.82, 2.24) is 9.80 Å². The van der Waals surface area contributed by atoms with Crippen molar-refractivity contribution in [3.63, 3.8) is 0 Å². The molecular formula is C17H21F3N2O. The van der Waals surface area contributed by atoms with E-state index >= 15 is 0 Å². The highest BCUT2D eigenvalue weighted by Crippen LogP contribution is 2.24. The molecule has 126 valence electrons. The molecule has 1 aliphatic heterocycles. The summed E-state index contributed by atoms with van der Waals surface area (Å²) in [6.07, 6.45) is 6.20. The zero-order chi connectivity index (χ0) is 16.4. The highest BCUT2D eigenvalue weighted by Gasteiger charge is 2.29. The number of rotatable bonds is 2. The maximum Gasteiger partial charge on any atom is 0.257 e. The van der Waals surface area contributed by atoms with Crippen molar-refractivity contribution in [2.24, 2.45) is 0 Å². The molecule has 1 saturated heterocycles. The van der Waals surface area contributed by atoms with E-state index < -0.39 is 28.9 Å². The van der Waals surface area contributed by atoms with Crippen molar-refractivity contribution in [3.05, 3.63) is 35.1 Å². The Balaban J connectivity index is 1.63. The normalized spacial score (nSPS) is 20.7. The Bertz CT molecular complexity index is 579. The van der Waals surface area contributed by atoms with Gasteiger partial charge in [0.15, 0.2) is 17.5 Å². The third kappa shape index (κ3) is 3.37. The predicted molar refractivity (Wildman–Crippen MR) is 80.7 cm³/mol. The summed E-state index contributed by atoms with van der Waals surface area (Å²) < 4.78 is 40.0. The zero-order valence-electron chi connectivity index (χ0n) is 13.0. The second kappa shape index (κ2) is 6.91. The Labute approximate surface area is 134 Å².